The van der Waals surface area contributed by atoms with Crippen LogP contribution in [0.1, 0.15) is 54.1 Å². The first kappa shape index (κ1) is 29.7. The van der Waals surface area contributed by atoms with Crippen molar-refractivity contribution in [2.75, 3.05) is 9.80 Å². The van der Waals surface area contributed by atoms with Crippen LogP contribution < -0.4 is 9.80 Å². The van der Waals surface area contributed by atoms with E-state index in [0.717, 1.165) is 72.8 Å². The number of anilines is 6. The maximum atomic E-state index is 9.49. The minimum atomic E-state index is -0.761. The third kappa shape index (κ3) is 4.76. The first-order chi connectivity index (χ1) is 31.6. The van der Waals surface area contributed by atoms with Gasteiger partial charge in [-0.3, -0.25) is 0 Å². The van der Waals surface area contributed by atoms with Crippen molar-refractivity contribution in [1.29, 1.82) is 0 Å². The molecule has 0 amide bonds. The minimum Gasteiger partial charge on any atom is -0.310 e. The molecular formula is C58H42N2. The zero-order chi connectivity index (χ0) is 44.4. The van der Waals surface area contributed by atoms with E-state index in [1.165, 1.54) is 16.7 Å². The second-order valence-electron chi connectivity index (χ2n) is 16.5. The quantitative estimate of drug-likeness (QED) is 0.166. The summed E-state index contributed by atoms with van der Waals surface area (Å²) in [5.74, 6) is 0. The van der Waals surface area contributed by atoms with E-state index in [0.29, 0.717) is 5.69 Å². The van der Waals surface area contributed by atoms with Crippen molar-refractivity contribution in [2.24, 2.45) is 0 Å². The Morgan fingerprint density at radius 1 is 0.350 bits per heavy atom. The topological polar surface area (TPSA) is 6.48 Å². The van der Waals surface area contributed by atoms with Crippen LogP contribution in [0.4, 0.5) is 34.1 Å². The molecule has 2 heteroatoms. The lowest BCUT2D eigenvalue weighted by atomic mass is 9.70. The number of para-hydroxylation sites is 3. The molecule has 1 atom stereocenters. The predicted molar refractivity (Wildman–Crippen MR) is 250 cm³/mol. The van der Waals surface area contributed by atoms with Crippen LogP contribution in [0.3, 0.4) is 0 Å². The largest absolute Gasteiger partial charge is 0.310 e. The second kappa shape index (κ2) is 13.0. The van der Waals surface area contributed by atoms with E-state index >= 15 is 0 Å². The van der Waals surface area contributed by atoms with E-state index < -0.39 is 16.9 Å². The molecule has 284 valence electrons. The van der Waals surface area contributed by atoms with Crippen LogP contribution >= 0.6 is 0 Å². The third-order valence-electron chi connectivity index (χ3n) is 13.1. The molecule has 3 aliphatic rings. The first-order valence-corrected chi connectivity index (χ1v) is 20.6. The van der Waals surface area contributed by atoms with Crippen LogP contribution in [0.5, 0.6) is 0 Å². The summed E-state index contributed by atoms with van der Waals surface area (Å²) in [6, 6.07) is 64.7. The number of fused-ring (bicyclic) bond motifs is 13. The molecule has 3 aliphatic carbocycles. The summed E-state index contributed by atoms with van der Waals surface area (Å²) >= 11 is 0. The standard InChI is InChI=1S/C58H42N2/c1-57(2)50-29-15-12-27-46(50)49-28-18-32-55(56(49)57)60(41-23-10-5-11-24-41)43-34-36-48-45-26-14-17-31-52(45)58(54(48)38-43)51-30-16-13-25-44(51)47-35-33-42(37-53(47)58)59(39-19-6-3-7-20-39)40-21-8-4-9-22-40/h3-38H,1-2H3/i5D,10D,11D,23D,24D. The smallest absolute Gasteiger partial charge is 0.0727 e. The second-order valence-corrected chi connectivity index (χ2v) is 16.5. The van der Waals surface area contributed by atoms with Gasteiger partial charge in [-0.2, -0.15) is 0 Å². The van der Waals surface area contributed by atoms with Gasteiger partial charge in [-0.15, -0.1) is 0 Å². The molecule has 0 bridgehead atoms. The molecule has 0 saturated heterocycles. The van der Waals surface area contributed by atoms with Gasteiger partial charge in [0.05, 0.1) is 18.0 Å². The number of hydrogen-bond acceptors (Lipinski definition) is 2. The monoisotopic (exact) mass is 771 g/mol. The van der Waals surface area contributed by atoms with E-state index in [1.54, 1.807) is 0 Å². The Morgan fingerprint density at radius 3 is 1.37 bits per heavy atom. The van der Waals surface area contributed by atoms with Gasteiger partial charge < -0.3 is 9.80 Å². The highest BCUT2D eigenvalue weighted by atomic mass is 15.2. The van der Waals surface area contributed by atoms with Gasteiger partial charge >= 0.3 is 0 Å². The molecule has 60 heavy (non-hydrogen) atoms. The molecule has 0 N–H and O–H groups in total. The van der Waals surface area contributed by atoms with E-state index in [-0.39, 0.29) is 29.9 Å². The molecule has 0 saturated carbocycles. The molecule has 0 fully saturated rings. The summed E-state index contributed by atoms with van der Waals surface area (Å²) in [4.78, 5) is 4.25. The Balaban J connectivity index is 1.16. The van der Waals surface area contributed by atoms with Crippen LogP contribution in [0.2, 0.25) is 0 Å². The molecule has 1 unspecified atom stereocenters. The highest BCUT2D eigenvalue weighted by Crippen LogP contribution is 2.64. The number of rotatable bonds is 6. The predicted octanol–water partition coefficient (Wildman–Crippen LogP) is 15.3. The molecule has 12 rings (SSSR count). The number of nitrogens with zero attached hydrogens (tertiary/aromatic N) is 2. The maximum absolute atomic E-state index is 9.49. The lowest BCUT2D eigenvalue weighted by Crippen LogP contribution is -2.26. The Hall–Kier alpha value is -7.42. The molecular weight excluding hydrogens is 725 g/mol. The average Bonchev–Trinajstić information content (AvgIpc) is 3.90. The van der Waals surface area contributed by atoms with Crippen LogP contribution in [-0.2, 0) is 10.8 Å². The Morgan fingerprint density at radius 2 is 0.800 bits per heavy atom. The van der Waals surface area contributed by atoms with Crippen molar-refractivity contribution in [3.05, 3.63) is 252 Å². The van der Waals surface area contributed by atoms with Gasteiger partial charge in [-0.1, -0.05) is 165 Å². The van der Waals surface area contributed by atoms with E-state index in [2.05, 4.69) is 183 Å². The highest BCUT2D eigenvalue weighted by Gasteiger charge is 2.52. The molecule has 0 radical (unpaired) electrons. The zero-order valence-corrected chi connectivity index (χ0v) is 33.3. The molecule has 9 aromatic rings. The summed E-state index contributed by atoms with van der Waals surface area (Å²) in [5.41, 5.74) is 17.0. The Labute approximate surface area is 359 Å². The fourth-order valence-corrected chi connectivity index (χ4v) is 10.7. The zero-order valence-electron chi connectivity index (χ0n) is 38.3. The minimum absolute atomic E-state index is 0.108. The third-order valence-corrected chi connectivity index (χ3v) is 13.1. The lowest BCUT2D eigenvalue weighted by Gasteiger charge is -2.34. The fraction of sp³-hybridized carbons (Fsp3) is 0.0690. The van der Waals surface area contributed by atoms with Gasteiger partial charge in [-0.05, 0) is 133 Å². The summed E-state index contributed by atoms with van der Waals surface area (Å²) in [7, 11) is 0. The van der Waals surface area contributed by atoms with Crippen molar-refractivity contribution < 1.29 is 6.85 Å². The number of hydrogen-bond donors (Lipinski definition) is 0. The van der Waals surface area contributed by atoms with Gasteiger partial charge in [-0.25, -0.2) is 0 Å². The van der Waals surface area contributed by atoms with Gasteiger partial charge in [0.1, 0.15) is 0 Å². The van der Waals surface area contributed by atoms with Crippen molar-refractivity contribution in [2.45, 2.75) is 24.7 Å². The van der Waals surface area contributed by atoms with Gasteiger partial charge in [0, 0.05) is 33.9 Å². The van der Waals surface area contributed by atoms with Crippen molar-refractivity contribution in [3.63, 3.8) is 0 Å². The summed E-state index contributed by atoms with van der Waals surface area (Å²) in [5, 5.41) is 0. The van der Waals surface area contributed by atoms with Gasteiger partial charge in [0.15, 0.2) is 0 Å². The van der Waals surface area contributed by atoms with Crippen molar-refractivity contribution in [3.8, 4) is 33.4 Å². The van der Waals surface area contributed by atoms with Gasteiger partial charge in [0.2, 0.25) is 0 Å². The fourth-order valence-electron chi connectivity index (χ4n) is 10.7. The van der Waals surface area contributed by atoms with E-state index in [9.17, 15) is 2.74 Å². The molecule has 0 aliphatic heterocycles. The highest BCUT2D eigenvalue weighted by molar-refractivity contribution is 5.98. The molecule has 0 heterocycles. The van der Waals surface area contributed by atoms with Crippen molar-refractivity contribution in [1.82, 2.24) is 0 Å². The first-order valence-electron chi connectivity index (χ1n) is 23.1. The van der Waals surface area contributed by atoms with E-state index in [4.69, 9.17) is 4.11 Å². The summed E-state index contributed by atoms with van der Waals surface area (Å²) in [6.45, 7) is 4.43. The Kier molecular flexibility index (Phi) is 6.47. The average molecular weight is 772 g/mol. The molecule has 1 spiro atoms. The van der Waals surface area contributed by atoms with Gasteiger partial charge in [0.25, 0.3) is 0 Å². The number of benzene rings is 9. The lowest BCUT2D eigenvalue weighted by molar-refractivity contribution is 0.661. The normalized spacial score (nSPS) is 16.9. The van der Waals surface area contributed by atoms with Crippen LogP contribution in [0.15, 0.2) is 218 Å². The molecule has 9 aromatic carbocycles. The SMILES string of the molecule is [2H]c1c([2H])c([2H])c(N(c2ccc3c(c2)C2(c4ccccc4-c4ccc(N(c5ccccc5)c5ccccc5)cc42)c2ccccc2-3)c2cccc3c2C(C)(C)c2ccccc2-3)c([2H])c1[2H]. The van der Waals surface area contributed by atoms with Crippen molar-refractivity contribution >= 4 is 34.1 Å². The van der Waals surface area contributed by atoms with Crippen LogP contribution in [0.25, 0.3) is 33.4 Å². The van der Waals surface area contributed by atoms with E-state index in [1.807, 2.05) is 29.2 Å². The Bertz CT molecular complexity index is 3360. The molecule has 0 aromatic heterocycles. The van der Waals surface area contributed by atoms with Crippen LogP contribution in [-0.4, -0.2) is 0 Å². The summed E-state index contributed by atoms with van der Waals surface area (Å²) < 4.78 is 45.5. The maximum Gasteiger partial charge on any atom is 0.0727 e. The summed E-state index contributed by atoms with van der Waals surface area (Å²) in [6.07, 6.45) is 0. The van der Waals surface area contributed by atoms with Crippen LogP contribution in [0, 0.1) is 0 Å². The molecule has 2 nitrogen and oxygen atoms in total.